The van der Waals surface area contributed by atoms with Crippen molar-refractivity contribution in [3.05, 3.63) is 111 Å². The second-order valence-corrected chi connectivity index (χ2v) is 15.4. The van der Waals surface area contributed by atoms with E-state index in [4.69, 9.17) is 0 Å². The summed E-state index contributed by atoms with van der Waals surface area (Å²) in [7, 11) is -2.55. The third-order valence-corrected chi connectivity index (χ3v) is 11.7. The van der Waals surface area contributed by atoms with Gasteiger partial charge in [-0.1, -0.05) is 115 Å². The molecular formula is C33H39Cl3SiTi. The maximum atomic E-state index is 4.02. The van der Waals surface area contributed by atoms with Crippen LogP contribution < -0.4 is 52.8 Å². The fourth-order valence-electron chi connectivity index (χ4n) is 5.81. The van der Waals surface area contributed by atoms with Gasteiger partial charge in [-0.3, -0.25) is 6.08 Å². The Morgan fingerprint density at radius 1 is 0.553 bits per heavy atom. The minimum absolute atomic E-state index is 0. The van der Waals surface area contributed by atoms with Crippen LogP contribution in [0.1, 0.15) is 60.6 Å². The molecule has 3 aromatic rings. The molecule has 0 N–H and O–H groups in total. The topological polar surface area (TPSA) is 0 Å². The Morgan fingerprint density at radius 3 is 1.08 bits per heavy atom. The van der Waals surface area contributed by atoms with Crippen molar-refractivity contribution in [3.63, 3.8) is 0 Å². The minimum Gasteiger partial charge on any atom is -1.00 e. The summed E-state index contributed by atoms with van der Waals surface area (Å²) in [5.41, 5.74) is 9.46. The van der Waals surface area contributed by atoms with Crippen molar-refractivity contribution >= 4 is 23.6 Å². The molecule has 0 bridgehead atoms. The van der Waals surface area contributed by atoms with E-state index in [9.17, 15) is 0 Å². The molecule has 0 fully saturated rings. The van der Waals surface area contributed by atoms with Gasteiger partial charge in [0.1, 0.15) is 0 Å². The summed E-state index contributed by atoms with van der Waals surface area (Å²) in [6.07, 6.45) is 7.44. The normalized spacial score (nSPS) is 12.8. The third kappa shape index (κ3) is 7.36. The Morgan fingerprint density at radius 2 is 0.842 bits per heavy atom. The second-order valence-electron chi connectivity index (χ2n) is 11.6. The summed E-state index contributed by atoms with van der Waals surface area (Å²) in [5, 5.41) is 5.92. The number of halogens is 3. The van der Waals surface area contributed by atoms with E-state index in [2.05, 4.69) is 129 Å². The summed E-state index contributed by atoms with van der Waals surface area (Å²) in [5.74, 6) is 0. The zero-order valence-corrected chi connectivity index (χ0v) is 28.9. The smallest absolute Gasteiger partial charge is 1.00 e. The molecule has 0 atom stereocenters. The molecule has 0 aliphatic heterocycles. The van der Waals surface area contributed by atoms with Crippen molar-refractivity contribution in [2.45, 2.75) is 68.7 Å². The number of hydrogen-bond acceptors (Lipinski definition) is 0. The van der Waals surface area contributed by atoms with Crippen molar-refractivity contribution in [1.29, 1.82) is 0 Å². The van der Waals surface area contributed by atoms with Gasteiger partial charge in [0.15, 0.2) is 8.07 Å². The van der Waals surface area contributed by atoms with Crippen LogP contribution in [0.2, 0.25) is 0 Å². The van der Waals surface area contributed by atoms with Gasteiger partial charge in [-0.05, 0) is 62.5 Å². The Hall–Kier alpha value is -1.06. The van der Waals surface area contributed by atoms with E-state index in [-0.39, 0.29) is 64.4 Å². The molecule has 1 aliphatic rings. The number of rotatable bonds is 4. The number of aryl methyl sites for hydroxylation is 6. The van der Waals surface area contributed by atoms with Gasteiger partial charge in [0, 0.05) is 0 Å². The molecule has 0 nitrogen and oxygen atoms in total. The molecule has 0 amide bonds. The van der Waals surface area contributed by atoms with Crippen LogP contribution in [0.25, 0.3) is 0 Å². The van der Waals surface area contributed by atoms with Gasteiger partial charge in [-0.2, -0.15) is 5.20 Å². The van der Waals surface area contributed by atoms with Crippen molar-refractivity contribution in [2.75, 3.05) is 0 Å². The SMILES string of the molecule is Cc1cc(C)cc([Si](C2=[C-]C(C(C)(C)C)=CC2)(c2cc(C)cc(C)c2)c2cc(C)cc(C)c2)c1.[Cl-].[Cl-].[Cl-].[Ti+4]. The molecule has 4 rings (SSSR count). The first-order valence-corrected chi connectivity index (χ1v) is 14.5. The van der Waals surface area contributed by atoms with E-state index < -0.39 is 8.07 Å². The van der Waals surface area contributed by atoms with Crippen LogP contribution in [0.4, 0.5) is 0 Å². The van der Waals surface area contributed by atoms with E-state index in [1.54, 1.807) is 0 Å². The predicted octanol–water partition coefficient (Wildman–Crippen LogP) is -2.34. The quantitative estimate of drug-likeness (QED) is 0.175. The van der Waals surface area contributed by atoms with Crippen LogP contribution in [-0.2, 0) is 21.7 Å². The van der Waals surface area contributed by atoms with Gasteiger partial charge in [0.2, 0.25) is 0 Å². The number of benzene rings is 3. The van der Waals surface area contributed by atoms with Gasteiger partial charge in [-0.25, -0.2) is 11.6 Å². The maximum absolute atomic E-state index is 4.02. The van der Waals surface area contributed by atoms with E-state index in [0.29, 0.717) is 0 Å². The standard InChI is InChI=1S/C33H39Si.3ClH.Ti/c1-22-12-23(2)16-30(15-22)34(31-17-24(3)13-25(4)18-31,32-19-26(5)14-27(6)20-32)29-11-10-28(21-29)33(7,8)9;;;;/h10,12-20H,11H2,1-9H3;3*1H;/q-1;;;;+4/p-3. The molecular weight excluding hydrogens is 579 g/mol. The minimum atomic E-state index is -2.55. The third-order valence-electron chi connectivity index (χ3n) is 7.02. The molecule has 0 saturated carbocycles. The molecule has 3 aromatic carbocycles. The van der Waals surface area contributed by atoms with Crippen LogP contribution in [0, 0.1) is 53.0 Å². The molecule has 0 aromatic heterocycles. The Bertz CT molecular complexity index is 1150. The molecule has 0 heterocycles. The largest absolute Gasteiger partial charge is 4.00 e. The van der Waals surface area contributed by atoms with E-state index in [1.165, 1.54) is 59.7 Å². The second kappa shape index (κ2) is 14.0. The molecule has 200 valence electrons. The van der Waals surface area contributed by atoms with Gasteiger partial charge in [-0.15, -0.1) is 0 Å². The summed E-state index contributed by atoms with van der Waals surface area (Å²) in [6, 6.07) is 21.6. The summed E-state index contributed by atoms with van der Waals surface area (Å²) >= 11 is 0. The van der Waals surface area contributed by atoms with Crippen LogP contribution in [-0.4, -0.2) is 8.07 Å². The molecule has 1 aliphatic carbocycles. The predicted molar refractivity (Wildman–Crippen MR) is 151 cm³/mol. The molecule has 38 heavy (non-hydrogen) atoms. The van der Waals surface area contributed by atoms with Crippen molar-refractivity contribution in [2.24, 2.45) is 5.41 Å². The molecule has 0 unspecified atom stereocenters. The average molecular weight is 618 g/mol. The Balaban J connectivity index is 0.00000342. The molecule has 0 radical (unpaired) electrons. The zero-order valence-electron chi connectivity index (χ0n) is 24.1. The summed E-state index contributed by atoms with van der Waals surface area (Å²) < 4.78 is 0. The van der Waals surface area contributed by atoms with Crippen LogP contribution in [0.15, 0.2) is 71.4 Å². The van der Waals surface area contributed by atoms with E-state index in [0.717, 1.165) is 6.42 Å². The zero-order chi connectivity index (χ0) is 24.8. The molecule has 5 heteroatoms. The Labute approximate surface area is 265 Å². The number of hydrogen-bond donors (Lipinski definition) is 0. The van der Waals surface area contributed by atoms with Crippen molar-refractivity contribution in [1.82, 2.24) is 0 Å². The van der Waals surface area contributed by atoms with Crippen LogP contribution in [0.5, 0.6) is 0 Å². The van der Waals surface area contributed by atoms with Crippen molar-refractivity contribution in [3.8, 4) is 0 Å². The van der Waals surface area contributed by atoms with E-state index in [1.807, 2.05) is 0 Å². The van der Waals surface area contributed by atoms with Crippen LogP contribution in [0.3, 0.4) is 0 Å². The molecule has 0 spiro atoms. The summed E-state index contributed by atoms with van der Waals surface area (Å²) in [4.78, 5) is 0. The monoisotopic (exact) mass is 616 g/mol. The summed E-state index contributed by atoms with van der Waals surface area (Å²) in [6.45, 7) is 20.4. The Kier molecular flexibility index (Phi) is 13.6. The fourth-order valence-corrected chi connectivity index (χ4v) is 11.2. The average Bonchev–Trinajstić information content (AvgIpc) is 3.17. The van der Waals surface area contributed by atoms with Gasteiger partial charge < -0.3 is 37.2 Å². The number of allylic oxidation sites excluding steroid dienone is 4. The first kappa shape index (κ1) is 36.9. The first-order valence-electron chi connectivity index (χ1n) is 12.5. The van der Waals surface area contributed by atoms with Crippen LogP contribution >= 0.6 is 0 Å². The maximum Gasteiger partial charge on any atom is 4.00 e. The van der Waals surface area contributed by atoms with Crippen molar-refractivity contribution < 1.29 is 58.9 Å². The van der Waals surface area contributed by atoms with Gasteiger partial charge in [0.05, 0.1) is 0 Å². The molecule has 0 saturated heterocycles. The fraction of sp³-hybridized carbons (Fsp3) is 0.333. The van der Waals surface area contributed by atoms with Gasteiger partial charge in [0.25, 0.3) is 0 Å². The van der Waals surface area contributed by atoms with Gasteiger partial charge >= 0.3 is 21.7 Å². The first-order chi connectivity index (χ1) is 15.9. The van der Waals surface area contributed by atoms with E-state index >= 15 is 0 Å².